The highest BCUT2D eigenvalue weighted by atomic mass is 35.5. The second kappa shape index (κ2) is 8.81. The molecule has 30 heavy (non-hydrogen) atoms. The van der Waals surface area contributed by atoms with Gasteiger partial charge in [-0.2, -0.15) is 0 Å². The van der Waals surface area contributed by atoms with E-state index < -0.39 is 0 Å². The Morgan fingerprint density at radius 3 is 2.87 bits per heavy atom. The first-order valence-electron chi connectivity index (χ1n) is 9.75. The van der Waals surface area contributed by atoms with Crippen LogP contribution < -0.4 is 10.2 Å². The van der Waals surface area contributed by atoms with E-state index in [4.69, 9.17) is 16.7 Å². The molecule has 0 unspecified atom stereocenters. The van der Waals surface area contributed by atoms with Gasteiger partial charge in [-0.25, -0.2) is 9.37 Å². The zero-order valence-electron chi connectivity index (χ0n) is 16.3. The minimum atomic E-state index is -0.327. The Bertz CT molecular complexity index is 1070. The molecule has 0 fully saturated rings. The first-order chi connectivity index (χ1) is 14.5. The summed E-state index contributed by atoms with van der Waals surface area (Å²) in [6.45, 7) is 0.843. The van der Waals surface area contributed by atoms with Crippen LogP contribution in [0, 0.1) is 17.4 Å². The molecule has 1 aliphatic heterocycles. The maximum atomic E-state index is 13.7. The van der Waals surface area contributed by atoms with Crippen molar-refractivity contribution in [1.29, 1.82) is 0 Å². The fraction of sp³-hybridized carbons (Fsp3) is 0.217. The molecule has 0 atom stereocenters. The smallest absolute Gasteiger partial charge is 0.251 e. The number of carbonyl (C=O) groups is 1. The number of benzene rings is 2. The molecule has 7 heteroatoms. The maximum Gasteiger partial charge on any atom is 0.251 e. The van der Waals surface area contributed by atoms with Gasteiger partial charge in [0.15, 0.2) is 11.6 Å². The second-order valence-corrected chi connectivity index (χ2v) is 7.65. The van der Waals surface area contributed by atoms with Crippen LogP contribution in [-0.2, 0) is 12.8 Å². The van der Waals surface area contributed by atoms with E-state index >= 15 is 0 Å². The SMILES string of the molecule is O=C(NCCO)c1cccc2c1CCN2c1cc(Cc2cc(F)cc([ClH+])c2)ccn1. The summed E-state index contributed by atoms with van der Waals surface area (Å²) >= 11 is 5.11. The molecule has 0 bridgehead atoms. The van der Waals surface area contributed by atoms with E-state index in [1.54, 1.807) is 18.3 Å². The molecule has 154 valence electrons. The summed E-state index contributed by atoms with van der Waals surface area (Å²) in [5.74, 6) is 0.275. The highest BCUT2D eigenvalue weighted by Gasteiger charge is 2.26. The molecule has 0 spiro atoms. The Balaban J connectivity index is 1.60. The van der Waals surface area contributed by atoms with Crippen LogP contribution in [0.25, 0.3) is 0 Å². The van der Waals surface area contributed by atoms with Crippen molar-refractivity contribution < 1.29 is 25.9 Å². The average molecular weight is 427 g/mol. The van der Waals surface area contributed by atoms with E-state index in [-0.39, 0.29) is 24.9 Å². The molecular formula is C23H22ClFN3O2+. The van der Waals surface area contributed by atoms with Gasteiger partial charge in [0.25, 0.3) is 5.91 Å². The van der Waals surface area contributed by atoms with Crippen LogP contribution in [0.5, 0.6) is 0 Å². The molecule has 1 aliphatic rings. The molecule has 2 aromatic carbocycles. The number of halogens is 2. The predicted molar refractivity (Wildman–Crippen MR) is 111 cm³/mol. The van der Waals surface area contributed by atoms with Crippen molar-refractivity contribution in [3.63, 3.8) is 0 Å². The Morgan fingerprint density at radius 2 is 2.07 bits per heavy atom. The molecule has 3 aromatic rings. The molecule has 1 amide bonds. The molecule has 0 saturated heterocycles. The topological polar surface area (TPSA) is 65.5 Å². The van der Waals surface area contributed by atoms with Gasteiger partial charge in [-0.05, 0) is 59.9 Å². The van der Waals surface area contributed by atoms with Crippen molar-refractivity contribution >= 4 is 17.4 Å². The van der Waals surface area contributed by atoms with Gasteiger partial charge >= 0.3 is 0 Å². The number of anilines is 2. The maximum absolute atomic E-state index is 13.7. The standard InChI is InChI=1S/C23H21ClFN3O2/c24-17-11-16(12-18(25)14-17)10-15-4-6-26-22(13-15)28-8-5-19-20(2-1-3-21(19)28)23(30)27-7-9-29/h1-4,6,11-14,24,29H,5,7-10H2/p+1. The summed E-state index contributed by atoms with van der Waals surface area (Å²) in [5.41, 5.74) is 4.38. The van der Waals surface area contributed by atoms with Gasteiger partial charge in [0.2, 0.25) is 5.02 Å². The van der Waals surface area contributed by atoms with Gasteiger partial charge < -0.3 is 15.3 Å². The molecule has 1 aromatic heterocycles. The lowest BCUT2D eigenvalue weighted by Gasteiger charge is -2.19. The summed E-state index contributed by atoms with van der Waals surface area (Å²) in [7, 11) is 0. The summed E-state index contributed by atoms with van der Waals surface area (Å²) in [5, 5.41) is 12.2. The van der Waals surface area contributed by atoms with Gasteiger partial charge in [0, 0.05) is 42.7 Å². The van der Waals surface area contributed by atoms with Crippen LogP contribution in [0.1, 0.15) is 27.0 Å². The van der Waals surface area contributed by atoms with E-state index in [0.717, 1.165) is 34.6 Å². The number of pyridine rings is 1. The average Bonchev–Trinajstić information content (AvgIpc) is 3.15. The number of aliphatic hydroxyl groups is 1. The monoisotopic (exact) mass is 426 g/mol. The van der Waals surface area contributed by atoms with Crippen molar-refractivity contribution in [1.82, 2.24) is 10.3 Å². The normalized spacial score (nSPS) is 12.7. The highest BCUT2D eigenvalue weighted by molar-refractivity contribution is 5.98. The number of nitrogens with one attached hydrogen (secondary N) is 1. The van der Waals surface area contributed by atoms with Crippen LogP contribution >= 0.6 is 0 Å². The van der Waals surface area contributed by atoms with E-state index in [1.807, 2.05) is 24.3 Å². The number of hydrogen-bond donors (Lipinski definition) is 2. The molecule has 2 N–H and O–H groups in total. The summed E-state index contributed by atoms with van der Waals surface area (Å²) in [4.78, 5) is 19.0. The minimum absolute atomic E-state index is 0.0954. The van der Waals surface area contributed by atoms with E-state index in [1.165, 1.54) is 12.1 Å². The van der Waals surface area contributed by atoms with E-state index in [9.17, 15) is 9.18 Å². The predicted octanol–water partition coefficient (Wildman–Crippen LogP) is 2.92. The zero-order chi connectivity index (χ0) is 21.1. The molecule has 0 aliphatic carbocycles. The molecule has 0 radical (unpaired) electrons. The largest absolute Gasteiger partial charge is 0.395 e. The third-order valence-electron chi connectivity index (χ3n) is 5.10. The molecule has 4 rings (SSSR count). The van der Waals surface area contributed by atoms with Crippen LogP contribution in [0.4, 0.5) is 15.9 Å². The zero-order valence-corrected chi connectivity index (χ0v) is 17.1. The number of amides is 1. The third-order valence-corrected chi connectivity index (χ3v) is 5.33. The number of fused-ring (bicyclic) bond motifs is 1. The second-order valence-electron chi connectivity index (χ2n) is 7.18. The lowest BCUT2D eigenvalue weighted by atomic mass is 10.0. The highest BCUT2D eigenvalue weighted by Crippen LogP contribution is 2.35. The lowest BCUT2D eigenvalue weighted by molar-refractivity contribution is -0.289. The van der Waals surface area contributed by atoms with Crippen molar-refractivity contribution in [2.75, 3.05) is 24.6 Å². The van der Waals surface area contributed by atoms with Crippen LogP contribution in [0.15, 0.2) is 54.7 Å². The van der Waals surface area contributed by atoms with Crippen molar-refractivity contribution in [3.05, 3.63) is 87.8 Å². The molecule has 5 nitrogen and oxygen atoms in total. The van der Waals surface area contributed by atoms with Crippen LogP contribution in [0.3, 0.4) is 0 Å². The van der Waals surface area contributed by atoms with Gasteiger partial charge in [-0.3, -0.25) is 4.79 Å². The number of rotatable bonds is 6. The van der Waals surface area contributed by atoms with Crippen LogP contribution in [-0.4, -0.2) is 35.7 Å². The first-order valence-corrected chi connectivity index (χ1v) is 10.2. The summed E-state index contributed by atoms with van der Waals surface area (Å²) in [6.07, 6.45) is 3.03. The van der Waals surface area contributed by atoms with E-state index in [2.05, 4.69) is 15.2 Å². The Labute approximate surface area is 179 Å². The van der Waals surface area contributed by atoms with E-state index in [0.29, 0.717) is 23.6 Å². The summed E-state index contributed by atoms with van der Waals surface area (Å²) in [6, 6.07) is 14.2. The lowest BCUT2D eigenvalue weighted by Crippen LogP contribution is -2.27. The molecule has 2 heterocycles. The number of aromatic nitrogens is 1. The number of hydrogen-bond acceptors (Lipinski definition) is 4. The van der Waals surface area contributed by atoms with Gasteiger partial charge in [-0.1, -0.05) is 6.07 Å². The molecular weight excluding hydrogens is 405 g/mol. The quantitative estimate of drug-likeness (QED) is 0.636. The summed E-state index contributed by atoms with van der Waals surface area (Å²) < 4.78 is 13.7. The van der Waals surface area contributed by atoms with Gasteiger partial charge in [0.1, 0.15) is 11.6 Å². The Morgan fingerprint density at radius 1 is 1.20 bits per heavy atom. The fourth-order valence-electron chi connectivity index (χ4n) is 3.83. The van der Waals surface area contributed by atoms with Crippen molar-refractivity contribution in [3.8, 4) is 0 Å². The van der Waals surface area contributed by atoms with Gasteiger partial charge in [-0.15, -0.1) is 0 Å². The number of aliphatic hydroxyl groups excluding tert-OH is 1. The number of carbonyl (C=O) groups excluding carboxylic acids is 1. The Kier molecular flexibility index (Phi) is 5.97. The Hall–Kier alpha value is -2.96. The minimum Gasteiger partial charge on any atom is -0.395 e. The number of nitrogens with zero attached hydrogens (tertiary/aromatic N) is 2. The van der Waals surface area contributed by atoms with Crippen molar-refractivity contribution in [2.24, 2.45) is 0 Å². The van der Waals surface area contributed by atoms with Gasteiger partial charge in [0.05, 0.1) is 6.61 Å². The fourth-order valence-corrected chi connectivity index (χ4v) is 4.09. The first kappa shape index (κ1) is 20.3. The van der Waals surface area contributed by atoms with Crippen molar-refractivity contribution in [2.45, 2.75) is 12.8 Å². The molecule has 0 saturated carbocycles. The van der Waals surface area contributed by atoms with Crippen LogP contribution in [0.2, 0.25) is 5.02 Å². The third kappa shape index (κ3) is 4.30.